The Balaban J connectivity index is 1.50. The molecule has 4 rings (SSSR count). The Morgan fingerprint density at radius 1 is 1.28 bits per heavy atom. The van der Waals surface area contributed by atoms with Crippen LogP contribution in [0.5, 0.6) is 0 Å². The third-order valence-corrected chi connectivity index (χ3v) is 5.47. The molecular weight excluding hydrogens is 336 g/mol. The largest absolute Gasteiger partial charge is 0.379 e. The molecule has 25 heavy (non-hydrogen) atoms. The van der Waals surface area contributed by atoms with E-state index in [0.717, 1.165) is 57.9 Å². The van der Waals surface area contributed by atoms with Gasteiger partial charge in [0.1, 0.15) is 5.69 Å². The molecule has 0 aliphatic carbocycles. The maximum Gasteiger partial charge on any atom is 0.273 e. The minimum atomic E-state index is 0.0373. The van der Waals surface area contributed by atoms with E-state index in [2.05, 4.69) is 20.9 Å². The number of amides is 1. The third-order valence-electron chi connectivity index (χ3n) is 4.88. The van der Waals surface area contributed by atoms with Gasteiger partial charge in [0, 0.05) is 37.8 Å². The molecule has 2 saturated heterocycles. The predicted molar refractivity (Wildman–Crippen MR) is 95.5 cm³/mol. The lowest BCUT2D eigenvalue weighted by Crippen LogP contribution is -2.36. The second kappa shape index (κ2) is 7.59. The van der Waals surface area contributed by atoms with Crippen LogP contribution in [0.2, 0.25) is 0 Å². The number of ether oxygens (including phenoxy) is 1. The van der Waals surface area contributed by atoms with Crippen molar-refractivity contribution in [2.45, 2.75) is 25.4 Å². The van der Waals surface area contributed by atoms with Gasteiger partial charge in [-0.3, -0.25) is 14.7 Å². The summed E-state index contributed by atoms with van der Waals surface area (Å²) in [6, 6.07) is 4.33. The molecule has 1 atom stereocenters. The summed E-state index contributed by atoms with van der Waals surface area (Å²) in [6.07, 6.45) is 3.90. The van der Waals surface area contributed by atoms with Crippen molar-refractivity contribution in [3.05, 3.63) is 46.2 Å². The zero-order valence-electron chi connectivity index (χ0n) is 14.1. The molecule has 2 aromatic rings. The summed E-state index contributed by atoms with van der Waals surface area (Å²) in [6.45, 7) is 5.11. The molecule has 0 N–H and O–H groups in total. The first-order valence-corrected chi connectivity index (χ1v) is 9.69. The van der Waals surface area contributed by atoms with E-state index >= 15 is 0 Å². The van der Waals surface area contributed by atoms with Gasteiger partial charge in [-0.15, -0.1) is 11.3 Å². The number of thiazole rings is 1. The second-order valence-corrected chi connectivity index (χ2v) is 7.22. The van der Waals surface area contributed by atoms with Crippen LogP contribution in [0.15, 0.2) is 29.2 Å². The van der Waals surface area contributed by atoms with Crippen molar-refractivity contribution in [3.63, 3.8) is 0 Å². The minimum absolute atomic E-state index is 0.0373. The average molecular weight is 358 g/mol. The van der Waals surface area contributed by atoms with E-state index in [1.807, 2.05) is 22.5 Å². The van der Waals surface area contributed by atoms with Crippen molar-refractivity contribution in [1.82, 2.24) is 19.8 Å². The molecule has 0 radical (unpaired) electrons. The van der Waals surface area contributed by atoms with Crippen LogP contribution in [0, 0.1) is 0 Å². The molecule has 6 nitrogen and oxygen atoms in total. The van der Waals surface area contributed by atoms with Gasteiger partial charge in [-0.2, -0.15) is 0 Å². The van der Waals surface area contributed by atoms with Gasteiger partial charge in [-0.05, 0) is 30.5 Å². The van der Waals surface area contributed by atoms with Gasteiger partial charge in [-0.25, -0.2) is 4.98 Å². The molecule has 1 unspecified atom stereocenters. The monoisotopic (exact) mass is 358 g/mol. The fourth-order valence-corrected chi connectivity index (χ4v) is 4.13. The van der Waals surface area contributed by atoms with E-state index in [0.29, 0.717) is 5.69 Å². The van der Waals surface area contributed by atoms with E-state index in [4.69, 9.17) is 4.74 Å². The number of morpholine rings is 1. The van der Waals surface area contributed by atoms with E-state index < -0.39 is 0 Å². The minimum Gasteiger partial charge on any atom is -0.379 e. The first-order chi connectivity index (χ1) is 12.3. The zero-order valence-corrected chi connectivity index (χ0v) is 15.0. The SMILES string of the molecule is O=C(c1cscn1)N1CCCC1c1ccnc(CN2CCOCC2)c1. The maximum absolute atomic E-state index is 12.7. The van der Waals surface area contributed by atoms with Gasteiger partial charge in [0.2, 0.25) is 0 Å². The topological polar surface area (TPSA) is 58.6 Å². The van der Waals surface area contributed by atoms with Gasteiger partial charge in [-0.1, -0.05) is 0 Å². The molecule has 0 saturated carbocycles. The molecule has 0 bridgehead atoms. The Bertz CT molecular complexity index is 716. The number of aromatic nitrogens is 2. The molecule has 4 heterocycles. The van der Waals surface area contributed by atoms with Crippen molar-refractivity contribution in [2.75, 3.05) is 32.8 Å². The van der Waals surface area contributed by atoms with Crippen LogP contribution in [-0.4, -0.2) is 58.5 Å². The summed E-state index contributed by atoms with van der Waals surface area (Å²) < 4.78 is 5.41. The highest BCUT2D eigenvalue weighted by molar-refractivity contribution is 7.07. The average Bonchev–Trinajstić information content (AvgIpc) is 3.34. The second-order valence-electron chi connectivity index (χ2n) is 6.50. The highest BCUT2D eigenvalue weighted by atomic mass is 32.1. The Morgan fingerprint density at radius 2 is 2.16 bits per heavy atom. The molecule has 2 aliphatic heterocycles. The first kappa shape index (κ1) is 16.6. The quantitative estimate of drug-likeness (QED) is 0.840. The summed E-state index contributed by atoms with van der Waals surface area (Å²) in [5.74, 6) is 0.0373. The first-order valence-electron chi connectivity index (χ1n) is 8.75. The fourth-order valence-electron chi connectivity index (χ4n) is 3.60. The van der Waals surface area contributed by atoms with E-state index in [1.165, 1.54) is 16.9 Å². The van der Waals surface area contributed by atoms with E-state index in [1.54, 1.807) is 5.51 Å². The highest BCUT2D eigenvalue weighted by Crippen LogP contribution is 2.33. The lowest BCUT2D eigenvalue weighted by Gasteiger charge is -2.27. The van der Waals surface area contributed by atoms with Crippen LogP contribution < -0.4 is 0 Å². The summed E-state index contributed by atoms with van der Waals surface area (Å²) >= 11 is 1.46. The van der Waals surface area contributed by atoms with Gasteiger partial charge in [0.15, 0.2) is 0 Å². The van der Waals surface area contributed by atoms with Crippen LogP contribution in [0.1, 0.15) is 40.6 Å². The highest BCUT2D eigenvalue weighted by Gasteiger charge is 2.31. The number of rotatable bonds is 4. The number of nitrogens with zero attached hydrogens (tertiary/aromatic N) is 4. The lowest BCUT2D eigenvalue weighted by molar-refractivity contribution is 0.0336. The number of pyridine rings is 1. The lowest BCUT2D eigenvalue weighted by atomic mass is 10.0. The standard InChI is InChI=1S/C18H22N4O2S/c23-18(16-12-25-13-20-16)22-5-1-2-17(22)14-3-4-19-15(10-14)11-21-6-8-24-9-7-21/h3-4,10,12-13,17H,1-2,5-9,11H2. The van der Waals surface area contributed by atoms with Crippen molar-refractivity contribution in [1.29, 1.82) is 0 Å². The molecule has 2 aromatic heterocycles. The van der Waals surface area contributed by atoms with Crippen molar-refractivity contribution in [2.24, 2.45) is 0 Å². The van der Waals surface area contributed by atoms with Crippen LogP contribution >= 0.6 is 11.3 Å². The molecule has 0 spiro atoms. The molecular formula is C18H22N4O2S. The molecule has 132 valence electrons. The van der Waals surface area contributed by atoms with Gasteiger partial charge >= 0.3 is 0 Å². The molecule has 2 fully saturated rings. The number of carbonyl (C=O) groups is 1. The number of hydrogen-bond acceptors (Lipinski definition) is 6. The predicted octanol–water partition coefficient (Wildman–Crippen LogP) is 2.35. The normalized spacial score (nSPS) is 21.6. The van der Waals surface area contributed by atoms with Crippen molar-refractivity contribution >= 4 is 17.2 Å². The Labute approximate surface area is 151 Å². The van der Waals surface area contributed by atoms with Crippen molar-refractivity contribution in [3.8, 4) is 0 Å². The number of likely N-dealkylation sites (tertiary alicyclic amines) is 1. The Hall–Kier alpha value is -1.83. The third kappa shape index (κ3) is 3.73. The van der Waals surface area contributed by atoms with Crippen LogP contribution in [-0.2, 0) is 11.3 Å². The molecule has 0 aromatic carbocycles. The Kier molecular flexibility index (Phi) is 5.05. The zero-order chi connectivity index (χ0) is 17.1. The summed E-state index contributed by atoms with van der Waals surface area (Å²) in [5.41, 5.74) is 4.51. The summed E-state index contributed by atoms with van der Waals surface area (Å²) in [5, 5.41) is 1.83. The van der Waals surface area contributed by atoms with Crippen LogP contribution in [0.4, 0.5) is 0 Å². The van der Waals surface area contributed by atoms with Crippen LogP contribution in [0.3, 0.4) is 0 Å². The Morgan fingerprint density at radius 3 is 2.96 bits per heavy atom. The van der Waals surface area contributed by atoms with E-state index in [-0.39, 0.29) is 11.9 Å². The molecule has 7 heteroatoms. The summed E-state index contributed by atoms with van der Waals surface area (Å²) in [4.78, 5) is 25.8. The van der Waals surface area contributed by atoms with E-state index in [9.17, 15) is 4.79 Å². The molecule has 2 aliphatic rings. The van der Waals surface area contributed by atoms with Gasteiger partial charge in [0.05, 0.1) is 30.5 Å². The number of carbonyl (C=O) groups excluding carboxylic acids is 1. The van der Waals surface area contributed by atoms with Gasteiger partial charge in [0.25, 0.3) is 5.91 Å². The van der Waals surface area contributed by atoms with Crippen molar-refractivity contribution < 1.29 is 9.53 Å². The number of hydrogen-bond donors (Lipinski definition) is 0. The smallest absolute Gasteiger partial charge is 0.273 e. The fraction of sp³-hybridized carbons (Fsp3) is 0.500. The molecule has 1 amide bonds. The van der Waals surface area contributed by atoms with Crippen LogP contribution in [0.25, 0.3) is 0 Å². The van der Waals surface area contributed by atoms with Gasteiger partial charge < -0.3 is 9.64 Å². The summed E-state index contributed by atoms with van der Waals surface area (Å²) in [7, 11) is 0. The maximum atomic E-state index is 12.7.